The number of carbonyl (C=O) groups excluding carboxylic acids is 2. The van der Waals surface area contributed by atoms with Crippen molar-refractivity contribution >= 4 is 29.4 Å². The molecule has 2 fully saturated rings. The predicted octanol–water partition coefficient (Wildman–Crippen LogP) is 0.961. The molecule has 0 radical (unpaired) electrons. The van der Waals surface area contributed by atoms with E-state index in [4.69, 9.17) is 5.41 Å². The van der Waals surface area contributed by atoms with Gasteiger partial charge in [0.05, 0.1) is 13.1 Å². The van der Waals surface area contributed by atoms with Crippen LogP contribution in [-0.4, -0.2) is 48.6 Å². The summed E-state index contributed by atoms with van der Waals surface area (Å²) in [6.45, 7) is 2.87. The van der Waals surface area contributed by atoms with Gasteiger partial charge in [-0.1, -0.05) is 6.92 Å². The molecular weight excluding hydrogens is 312 g/mol. The topological polar surface area (TPSA) is 85.3 Å². The quantitative estimate of drug-likeness (QED) is 0.678. The lowest BCUT2D eigenvalue weighted by Crippen LogP contribution is -2.49. The molecular formula is C16H22N4O2S. The van der Waals surface area contributed by atoms with E-state index >= 15 is 0 Å². The first-order valence-electron chi connectivity index (χ1n) is 7.80. The van der Waals surface area contributed by atoms with E-state index in [1.165, 1.54) is 17.6 Å². The molecule has 23 heavy (non-hydrogen) atoms. The highest BCUT2D eigenvalue weighted by molar-refractivity contribution is 7.10. The molecule has 0 bridgehead atoms. The summed E-state index contributed by atoms with van der Waals surface area (Å²) in [7, 11) is 1.74. The average molecular weight is 334 g/mol. The first kappa shape index (κ1) is 16.1. The van der Waals surface area contributed by atoms with Gasteiger partial charge in [-0.25, -0.2) is 0 Å². The molecule has 2 amide bonds. The normalized spacial score (nSPS) is 28.3. The number of carbonyl (C=O) groups is 2. The molecule has 2 heterocycles. The minimum Gasteiger partial charge on any atom is -0.349 e. The largest absolute Gasteiger partial charge is 0.349 e. The van der Waals surface area contributed by atoms with Crippen LogP contribution in [0.2, 0.25) is 0 Å². The molecule has 0 aromatic carbocycles. The number of likely N-dealkylation sites (tertiary alicyclic amines) is 1. The van der Waals surface area contributed by atoms with Gasteiger partial charge in [-0.05, 0) is 36.8 Å². The van der Waals surface area contributed by atoms with Crippen molar-refractivity contribution < 1.29 is 9.59 Å². The molecule has 1 aliphatic carbocycles. The fourth-order valence-corrected chi connectivity index (χ4v) is 4.24. The van der Waals surface area contributed by atoms with E-state index in [9.17, 15) is 9.59 Å². The van der Waals surface area contributed by atoms with Crippen LogP contribution in [0.25, 0.3) is 0 Å². The maximum absolute atomic E-state index is 12.6. The minimum atomic E-state index is -0.359. The van der Waals surface area contributed by atoms with Gasteiger partial charge in [-0.3, -0.25) is 9.59 Å². The number of nitrogens with one attached hydrogen (secondary N) is 3. The van der Waals surface area contributed by atoms with E-state index in [0.717, 1.165) is 23.3 Å². The Labute approximate surface area is 139 Å². The fourth-order valence-electron chi connectivity index (χ4n) is 3.46. The number of likely N-dealkylation sites (N-methyl/N-ethyl adjacent to an activating group) is 1. The molecule has 2 unspecified atom stereocenters. The average Bonchev–Trinajstić information content (AvgIpc) is 2.90. The van der Waals surface area contributed by atoms with Crippen LogP contribution in [0.4, 0.5) is 0 Å². The number of hydrogen-bond acceptors (Lipinski definition) is 5. The summed E-state index contributed by atoms with van der Waals surface area (Å²) < 4.78 is 0. The van der Waals surface area contributed by atoms with Crippen molar-refractivity contribution in [2.75, 3.05) is 13.6 Å². The molecule has 0 spiro atoms. The van der Waals surface area contributed by atoms with Gasteiger partial charge < -0.3 is 20.9 Å². The second-order valence-electron chi connectivity index (χ2n) is 6.63. The Hall–Kier alpha value is -1.73. The zero-order valence-electron chi connectivity index (χ0n) is 13.4. The van der Waals surface area contributed by atoms with Crippen molar-refractivity contribution in [1.82, 2.24) is 15.5 Å². The number of nitrogens with zero attached hydrogens (tertiary/aromatic N) is 1. The highest BCUT2D eigenvalue weighted by atomic mass is 32.1. The summed E-state index contributed by atoms with van der Waals surface area (Å²) in [5, 5.41) is 14.9. The molecule has 7 heteroatoms. The van der Waals surface area contributed by atoms with Crippen LogP contribution in [0, 0.1) is 10.8 Å². The maximum atomic E-state index is 12.6. The van der Waals surface area contributed by atoms with Crippen LogP contribution in [0.5, 0.6) is 0 Å². The summed E-state index contributed by atoms with van der Waals surface area (Å²) in [5.74, 6) is -0.0752. The Morgan fingerprint density at radius 3 is 2.96 bits per heavy atom. The second-order valence-corrected chi connectivity index (χ2v) is 7.63. The standard InChI is InChI=1S/C16H22N4O2S/c1-16-4-12(20(13(16)5-16)14(21)8-18-2)15(22)19-7-11-3-10(6-17)9-23-11/h3,6,9,12-13,17-18H,4-5,7-8H2,1-2H3,(H,19,22)/t12?,13?,16-/m1/s1. The van der Waals surface area contributed by atoms with Crippen molar-refractivity contribution in [3.63, 3.8) is 0 Å². The maximum Gasteiger partial charge on any atom is 0.243 e. The van der Waals surface area contributed by atoms with E-state index in [-0.39, 0.29) is 35.9 Å². The van der Waals surface area contributed by atoms with Crippen LogP contribution in [-0.2, 0) is 16.1 Å². The number of hydrogen-bond donors (Lipinski definition) is 3. The highest BCUT2D eigenvalue weighted by Crippen LogP contribution is 2.59. The predicted molar refractivity (Wildman–Crippen MR) is 89.7 cm³/mol. The van der Waals surface area contributed by atoms with Gasteiger partial charge in [-0.2, -0.15) is 0 Å². The highest BCUT2D eigenvalue weighted by Gasteiger charge is 2.64. The summed E-state index contributed by atoms with van der Waals surface area (Å²) >= 11 is 1.53. The summed E-state index contributed by atoms with van der Waals surface area (Å²) in [6, 6.07) is 1.75. The lowest BCUT2D eigenvalue weighted by molar-refractivity contribution is -0.139. The zero-order chi connectivity index (χ0) is 16.6. The molecule has 6 nitrogen and oxygen atoms in total. The Morgan fingerprint density at radius 2 is 2.30 bits per heavy atom. The monoisotopic (exact) mass is 334 g/mol. The lowest BCUT2D eigenvalue weighted by Gasteiger charge is -2.26. The Kier molecular flexibility index (Phi) is 4.25. The molecule has 1 aromatic heterocycles. The molecule has 1 saturated heterocycles. The van der Waals surface area contributed by atoms with Gasteiger partial charge >= 0.3 is 0 Å². The number of fused-ring (bicyclic) bond motifs is 1. The first-order valence-corrected chi connectivity index (χ1v) is 8.68. The summed E-state index contributed by atoms with van der Waals surface area (Å²) in [5.41, 5.74) is 0.960. The first-order chi connectivity index (χ1) is 11.0. The third kappa shape index (κ3) is 3.03. The number of amides is 2. The van der Waals surface area contributed by atoms with Gasteiger partial charge in [0.15, 0.2) is 0 Å². The summed E-state index contributed by atoms with van der Waals surface area (Å²) in [4.78, 5) is 27.7. The van der Waals surface area contributed by atoms with Gasteiger partial charge in [-0.15, -0.1) is 11.3 Å². The van der Waals surface area contributed by atoms with Crippen molar-refractivity contribution in [3.8, 4) is 0 Å². The molecule has 1 saturated carbocycles. The van der Waals surface area contributed by atoms with Gasteiger partial charge in [0, 0.05) is 22.7 Å². The van der Waals surface area contributed by atoms with E-state index < -0.39 is 0 Å². The van der Waals surface area contributed by atoms with E-state index in [0.29, 0.717) is 6.54 Å². The molecule has 1 aromatic rings. The van der Waals surface area contributed by atoms with Crippen LogP contribution in [0.15, 0.2) is 11.4 Å². The van der Waals surface area contributed by atoms with Crippen LogP contribution < -0.4 is 10.6 Å². The zero-order valence-corrected chi connectivity index (χ0v) is 14.2. The van der Waals surface area contributed by atoms with Crippen molar-refractivity contribution in [2.45, 2.75) is 38.4 Å². The molecule has 3 rings (SSSR count). The van der Waals surface area contributed by atoms with Crippen molar-refractivity contribution in [2.24, 2.45) is 5.41 Å². The molecule has 3 atom stereocenters. The minimum absolute atomic E-state index is 0.00101. The lowest BCUT2D eigenvalue weighted by atomic mass is 10.0. The van der Waals surface area contributed by atoms with Crippen molar-refractivity contribution in [1.29, 1.82) is 5.41 Å². The van der Waals surface area contributed by atoms with Crippen LogP contribution in [0.1, 0.15) is 30.2 Å². The Morgan fingerprint density at radius 1 is 1.52 bits per heavy atom. The van der Waals surface area contributed by atoms with Gasteiger partial charge in [0.25, 0.3) is 0 Å². The van der Waals surface area contributed by atoms with E-state index in [1.54, 1.807) is 11.9 Å². The van der Waals surface area contributed by atoms with E-state index in [1.807, 2.05) is 11.4 Å². The fraction of sp³-hybridized carbons (Fsp3) is 0.562. The Bertz CT molecular complexity index is 644. The van der Waals surface area contributed by atoms with Gasteiger partial charge in [0.2, 0.25) is 11.8 Å². The van der Waals surface area contributed by atoms with Crippen LogP contribution >= 0.6 is 11.3 Å². The summed E-state index contributed by atoms with van der Waals surface area (Å²) in [6.07, 6.45) is 3.04. The molecule has 3 N–H and O–H groups in total. The molecule has 2 aliphatic rings. The molecule has 1 aliphatic heterocycles. The SMILES string of the molecule is CNCC(=O)N1C(C(=O)NCc2cc(C=N)cs2)C[C@]2(C)CC12. The Balaban J connectivity index is 1.63. The third-order valence-corrected chi connectivity index (χ3v) is 5.79. The number of thiophene rings is 1. The molecule has 124 valence electrons. The smallest absolute Gasteiger partial charge is 0.243 e. The third-order valence-electron chi connectivity index (χ3n) is 4.83. The second kappa shape index (κ2) is 6.05. The number of piperidine rings is 1. The number of rotatable bonds is 6. The van der Waals surface area contributed by atoms with Crippen LogP contribution in [0.3, 0.4) is 0 Å². The van der Waals surface area contributed by atoms with Crippen molar-refractivity contribution in [3.05, 3.63) is 21.9 Å². The van der Waals surface area contributed by atoms with E-state index in [2.05, 4.69) is 17.6 Å². The van der Waals surface area contributed by atoms with Gasteiger partial charge in [0.1, 0.15) is 6.04 Å².